The molecular weight excluding hydrogens is 550 g/mol. The molecule has 0 radical (unpaired) electrons. The second-order valence-corrected chi connectivity index (χ2v) is 11.1. The molecular formula is C38H45NO5. The number of nitrogens with zero attached hydrogens (tertiary/aromatic N) is 1. The summed E-state index contributed by atoms with van der Waals surface area (Å²) < 4.78 is 32.5. The molecule has 0 unspecified atom stereocenters. The van der Waals surface area contributed by atoms with Gasteiger partial charge < -0.3 is 23.7 Å². The van der Waals surface area contributed by atoms with Crippen molar-refractivity contribution in [2.24, 2.45) is 0 Å². The van der Waals surface area contributed by atoms with Gasteiger partial charge >= 0.3 is 0 Å². The molecule has 1 aliphatic rings. The minimum atomic E-state index is -0.309. The third-order valence-corrected chi connectivity index (χ3v) is 7.96. The first-order chi connectivity index (χ1) is 21.8. The average molecular weight is 596 g/mol. The van der Waals surface area contributed by atoms with E-state index in [-0.39, 0.29) is 24.4 Å². The van der Waals surface area contributed by atoms with Crippen LogP contribution in [0.3, 0.4) is 0 Å². The summed E-state index contributed by atoms with van der Waals surface area (Å²) in [5.74, 6) is 0. The standard InChI is InChI=1S/C38H45NO5/c1-2-40-24-23-39-25-36(42-27-32-17-9-4-10-18-32)38(44-29-34-21-13-6-14-22-34)37(43-28-33-19-11-5-12-20-33)35(39)30-41-26-31-15-7-3-8-16-31/h3-22,35-38H,2,23-30H2,1H3/t35-,36+,37-,38-/m1/s1. The van der Waals surface area contributed by atoms with E-state index in [9.17, 15) is 0 Å². The van der Waals surface area contributed by atoms with Gasteiger partial charge in [-0.25, -0.2) is 0 Å². The largest absolute Gasteiger partial charge is 0.380 e. The van der Waals surface area contributed by atoms with Gasteiger partial charge in [-0.1, -0.05) is 121 Å². The maximum absolute atomic E-state index is 6.84. The second kappa shape index (κ2) is 17.8. The normalized spacial score (nSPS) is 20.5. The molecule has 4 atom stereocenters. The predicted molar refractivity (Wildman–Crippen MR) is 173 cm³/mol. The van der Waals surface area contributed by atoms with Gasteiger partial charge in [-0.3, -0.25) is 4.90 Å². The first-order valence-electron chi connectivity index (χ1n) is 15.7. The molecule has 4 aromatic rings. The van der Waals surface area contributed by atoms with Crippen molar-refractivity contribution >= 4 is 0 Å². The average Bonchev–Trinajstić information content (AvgIpc) is 3.08. The molecule has 232 valence electrons. The Kier molecular flexibility index (Phi) is 13.0. The lowest BCUT2D eigenvalue weighted by molar-refractivity contribution is -0.211. The highest BCUT2D eigenvalue weighted by Crippen LogP contribution is 2.29. The van der Waals surface area contributed by atoms with E-state index in [1.165, 1.54) is 0 Å². The Bertz CT molecular complexity index is 1310. The number of hydrogen-bond donors (Lipinski definition) is 0. The van der Waals surface area contributed by atoms with Gasteiger partial charge in [0.05, 0.1) is 51.8 Å². The molecule has 5 rings (SSSR count). The summed E-state index contributed by atoms with van der Waals surface area (Å²) in [6.45, 7) is 7.22. The smallest absolute Gasteiger partial charge is 0.113 e. The molecule has 0 aromatic heterocycles. The predicted octanol–water partition coefficient (Wildman–Crippen LogP) is 6.68. The molecule has 4 aromatic carbocycles. The molecule has 1 aliphatic heterocycles. The summed E-state index contributed by atoms with van der Waals surface area (Å²) in [6, 6.07) is 41.2. The van der Waals surface area contributed by atoms with Crippen LogP contribution in [0.5, 0.6) is 0 Å². The molecule has 0 amide bonds. The van der Waals surface area contributed by atoms with Crippen molar-refractivity contribution in [2.45, 2.75) is 57.7 Å². The third kappa shape index (κ3) is 9.83. The zero-order valence-corrected chi connectivity index (χ0v) is 25.7. The van der Waals surface area contributed by atoms with Crippen molar-refractivity contribution < 1.29 is 23.7 Å². The molecule has 6 nitrogen and oxygen atoms in total. The van der Waals surface area contributed by atoms with E-state index in [2.05, 4.69) is 53.4 Å². The SMILES string of the molecule is CCOCCN1C[C@H](OCc2ccccc2)[C@@H](OCc2ccccc2)[C@H](OCc2ccccc2)[C@H]1COCc1ccccc1. The van der Waals surface area contributed by atoms with Crippen LogP contribution in [0.25, 0.3) is 0 Å². The number of piperidine rings is 1. The number of hydrogen-bond acceptors (Lipinski definition) is 6. The summed E-state index contributed by atoms with van der Waals surface area (Å²) in [4.78, 5) is 2.41. The Balaban J connectivity index is 1.41. The first kappa shape index (κ1) is 32.0. The molecule has 0 N–H and O–H groups in total. The lowest BCUT2D eigenvalue weighted by Gasteiger charge is -2.48. The zero-order chi connectivity index (χ0) is 30.2. The van der Waals surface area contributed by atoms with Crippen LogP contribution >= 0.6 is 0 Å². The van der Waals surface area contributed by atoms with Crippen molar-refractivity contribution in [3.8, 4) is 0 Å². The van der Waals surface area contributed by atoms with Gasteiger partial charge in [0.2, 0.25) is 0 Å². The quantitative estimate of drug-likeness (QED) is 0.127. The van der Waals surface area contributed by atoms with Gasteiger partial charge in [0, 0.05) is 19.7 Å². The van der Waals surface area contributed by atoms with E-state index in [1.54, 1.807) is 0 Å². The van der Waals surface area contributed by atoms with Crippen LogP contribution in [0.4, 0.5) is 0 Å². The lowest BCUT2D eigenvalue weighted by Crippen LogP contribution is -2.65. The fourth-order valence-corrected chi connectivity index (χ4v) is 5.63. The minimum absolute atomic E-state index is 0.0553. The zero-order valence-electron chi connectivity index (χ0n) is 25.7. The maximum atomic E-state index is 6.84. The molecule has 1 fully saturated rings. The number of benzene rings is 4. The highest BCUT2D eigenvalue weighted by molar-refractivity contribution is 5.16. The molecule has 0 bridgehead atoms. The Hall–Kier alpha value is -3.36. The van der Waals surface area contributed by atoms with Gasteiger partial charge in [0.1, 0.15) is 12.2 Å². The molecule has 1 saturated heterocycles. The Labute approximate surface area is 262 Å². The van der Waals surface area contributed by atoms with Gasteiger partial charge in [-0.2, -0.15) is 0 Å². The Morgan fingerprint density at radius 1 is 0.545 bits per heavy atom. The summed E-state index contributed by atoms with van der Waals surface area (Å²) in [5.41, 5.74) is 4.51. The molecule has 0 spiro atoms. The van der Waals surface area contributed by atoms with E-state index >= 15 is 0 Å². The monoisotopic (exact) mass is 595 g/mol. The highest BCUT2D eigenvalue weighted by atomic mass is 16.6. The summed E-state index contributed by atoms with van der Waals surface area (Å²) in [7, 11) is 0. The van der Waals surface area contributed by atoms with Crippen molar-refractivity contribution in [3.63, 3.8) is 0 Å². The highest BCUT2D eigenvalue weighted by Gasteiger charge is 2.46. The number of likely N-dealkylation sites (tertiary alicyclic amines) is 1. The molecule has 0 aliphatic carbocycles. The van der Waals surface area contributed by atoms with E-state index in [0.29, 0.717) is 52.8 Å². The van der Waals surface area contributed by atoms with Crippen LogP contribution in [0.1, 0.15) is 29.2 Å². The van der Waals surface area contributed by atoms with Crippen LogP contribution in [-0.2, 0) is 50.1 Å². The van der Waals surface area contributed by atoms with Gasteiger partial charge in [0.25, 0.3) is 0 Å². The minimum Gasteiger partial charge on any atom is -0.380 e. The number of ether oxygens (including phenoxy) is 5. The number of rotatable bonds is 17. The molecule has 1 heterocycles. The fraction of sp³-hybridized carbons (Fsp3) is 0.368. The van der Waals surface area contributed by atoms with Gasteiger partial charge in [-0.15, -0.1) is 0 Å². The molecule has 0 saturated carbocycles. The van der Waals surface area contributed by atoms with Crippen molar-refractivity contribution in [1.82, 2.24) is 4.90 Å². The van der Waals surface area contributed by atoms with Gasteiger partial charge in [0.15, 0.2) is 0 Å². The Morgan fingerprint density at radius 3 is 1.50 bits per heavy atom. The van der Waals surface area contributed by atoms with Crippen molar-refractivity contribution in [3.05, 3.63) is 144 Å². The lowest BCUT2D eigenvalue weighted by atomic mass is 9.93. The van der Waals surface area contributed by atoms with E-state index in [4.69, 9.17) is 23.7 Å². The van der Waals surface area contributed by atoms with E-state index < -0.39 is 0 Å². The van der Waals surface area contributed by atoms with Crippen LogP contribution in [-0.4, -0.2) is 62.2 Å². The van der Waals surface area contributed by atoms with E-state index in [1.807, 2.05) is 79.7 Å². The van der Waals surface area contributed by atoms with Crippen molar-refractivity contribution in [2.75, 3.05) is 32.9 Å². The summed E-state index contributed by atoms with van der Waals surface area (Å²) in [6.07, 6.45) is -0.825. The summed E-state index contributed by atoms with van der Waals surface area (Å²) in [5, 5.41) is 0. The topological polar surface area (TPSA) is 49.4 Å². The van der Waals surface area contributed by atoms with Crippen molar-refractivity contribution in [1.29, 1.82) is 0 Å². The third-order valence-electron chi connectivity index (χ3n) is 7.96. The first-order valence-corrected chi connectivity index (χ1v) is 15.7. The molecule has 44 heavy (non-hydrogen) atoms. The maximum Gasteiger partial charge on any atom is 0.113 e. The fourth-order valence-electron chi connectivity index (χ4n) is 5.63. The summed E-state index contributed by atoms with van der Waals surface area (Å²) >= 11 is 0. The molecule has 6 heteroatoms. The second-order valence-electron chi connectivity index (χ2n) is 11.1. The van der Waals surface area contributed by atoms with Crippen LogP contribution < -0.4 is 0 Å². The Morgan fingerprint density at radius 2 is 1.00 bits per heavy atom. The van der Waals surface area contributed by atoms with Gasteiger partial charge in [-0.05, 0) is 29.2 Å². The van der Waals surface area contributed by atoms with E-state index in [0.717, 1.165) is 28.8 Å². The van der Waals surface area contributed by atoms with Crippen LogP contribution in [0, 0.1) is 0 Å². The van der Waals surface area contributed by atoms with Crippen LogP contribution in [0.15, 0.2) is 121 Å². The van der Waals surface area contributed by atoms with Crippen LogP contribution in [0.2, 0.25) is 0 Å².